The lowest BCUT2D eigenvalue weighted by Crippen LogP contribution is -2.31. The van der Waals surface area contributed by atoms with Crippen molar-refractivity contribution in [2.45, 2.75) is 65.0 Å². The summed E-state index contributed by atoms with van der Waals surface area (Å²) in [4.78, 5) is 6.94. The van der Waals surface area contributed by atoms with Crippen molar-refractivity contribution in [3.05, 3.63) is 52.1 Å². The number of rotatable bonds is 10. The van der Waals surface area contributed by atoms with E-state index in [0.29, 0.717) is 29.7 Å². The highest BCUT2D eigenvalue weighted by Crippen LogP contribution is 2.36. The Balaban J connectivity index is 1.90. The maximum atomic E-state index is 13.2. The fourth-order valence-corrected chi connectivity index (χ4v) is 4.76. The summed E-state index contributed by atoms with van der Waals surface area (Å²) in [5.74, 6) is 1.77. The van der Waals surface area contributed by atoms with Crippen LogP contribution in [0.3, 0.4) is 0 Å². The summed E-state index contributed by atoms with van der Waals surface area (Å²) >= 11 is 0. The molecule has 0 atom stereocenters. The first-order valence-electron chi connectivity index (χ1n) is 12.3. The molecule has 0 unspecified atom stereocenters. The number of halogens is 6. The second-order valence-corrected chi connectivity index (χ2v) is 9.45. The Hall–Kier alpha value is -2.82. The second-order valence-electron chi connectivity index (χ2n) is 9.45. The zero-order valence-corrected chi connectivity index (χ0v) is 21.2. The van der Waals surface area contributed by atoms with Crippen molar-refractivity contribution in [1.82, 2.24) is 10.3 Å². The Morgan fingerprint density at radius 2 is 1.59 bits per heavy atom. The lowest BCUT2D eigenvalue weighted by atomic mass is 10.0. The average Bonchev–Trinajstić information content (AvgIpc) is 3.34. The number of hydrogen-bond donors (Lipinski definition) is 3. The van der Waals surface area contributed by atoms with Crippen molar-refractivity contribution >= 4 is 17.3 Å². The molecule has 37 heavy (non-hydrogen) atoms. The molecule has 1 aliphatic carbocycles. The van der Waals surface area contributed by atoms with E-state index in [0.717, 1.165) is 37.1 Å². The van der Waals surface area contributed by atoms with Gasteiger partial charge in [0, 0.05) is 50.1 Å². The fraction of sp³-hybridized carbons (Fsp3) is 0.538. The van der Waals surface area contributed by atoms with E-state index in [1.54, 1.807) is 14.0 Å². The Morgan fingerprint density at radius 1 is 1.00 bits per heavy atom. The van der Waals surface area contributed by atoms with Gasteiger partial charge >= 0.3 is 12.4 Å². The summed E-state index contributed by atoms with van der Waals surface area (Å²) in [5.41, 5.74) is -1.20. The van der Waals surface area contributed by atoms with Crippen LogP contribution < -0.4 is 15.5 Å². The highest BCUT2D eigenvalue weighted by molar-refractivity contribution is 6.01. The maximum absolute atomic E-state index is 13.2. The Labute approximate surface area is 213 Å². The largest absolute Gasteiger partial charge is 0.416 e. The van der Waals surface area contributed by atoms with Crippen LogP contribution in [0, 0.1) is 11.3 Å². The summed E-state index contributed by atoms with van der Waals surface area (Å²) < 4.78 is 79.4. The number of hydrogen-bond acceptors (Lipinski definition) is 5. The lowest BCUT2D eigenvalue weighted by molar-refractivity contribution is -0.143. The van der Waals surface area contributed by atoms with Crippen LogP contribution in [0.25, 0.3) is 0 Å². The van der Waals surface area contributed by atoms with Gasteiger partial charge in [0.1, 0.15) is 11.6 Å². The Morgan fingerprint density at radius 3 is 2.08 bits per heavy atom. The third-order valence-corrected chi connectivity index (χ3v) is 6.65. The molecule has 11 heteroatoms. The molecule has 3 N–H and O–H groups in total. The number of benzene rings is 1. The number of nitrogens with zero attached hydrogens (tertiary/aromatic N) is 2. The number of pyridine rings is 1. The van der Waals surface area contributed by atoms with E-state index in [4.69, 9.17) is 10.4 Å². The van der Waals surface area contributed by atoms with Crippen LogP contribution in [0.2, 0.25) is 0 Å². The van der Waals surface area contributed by atoms with Gasteiger partial charge in [-0.1, -0.05) is 12.8 Å². The minimum absolute atomic E-state index is 0.120. The molecule has 2 aromatic rings. The summed E-state index contributed by atoms with van der Waals surface area (Å²) in [7, 11) is 1.72. The van der Waals surface area contributed by atoms with E-state index in [-0.39, 0.29) is 30.4 Å². The first kappa shape index (κ1) is 28.7. The van der Waals surface area contributed by atoms with Crippen LogP contribution in [0.4, 0.5) is 38.0 Å². The third-order valence-electron chi connectivity index (χ3n) is 6.65. The molecule has 204 valence electrons. The van der Waals surface area contributed by atoms with Gasteiger partial charge in [-0.25, -0.2) is 4.98 Å². The van der Waals surface area contributed by atoms with Gasteiger partial charge in [-0.15, -0.1) is 0 Å². The number of anilines is 2. The van der Waals surface area contributed by atoms with Crippen molar-refractivity contribution in [3.8, 4) is 0 Å². The SMILES string of the molecule is CCN(CC1CCCC1)c1nc(NC)c(C(C)=N)cc1CNCc1cc(C(F)(F)F)cc(C(F)(F)F)c1. The topological polar surface area (TPSA) is 64.0 Å². The second kappa shape index (κ2) is 11.7. The first-order valence-corrected chi connectivity index (χ1v) is 12.3. The quantitative estimate of drug-likeness (QED) is 0.233. The van der Waals surface area contributed by atoms with Crippen LogP contribution in [0.5, 0.6) is 0 Å². The standard InChI is InChI=1S/C26H33F6N5/c1-4-37(15-17-7-5-6-8-17)24-19(11-22(16(2)33)23(34-3)36-24)14-35-13-18-9-20(25(27,28)29)12-21(10-18)26(30,31)32/h9-12,17,33,35H,4-8,13-15H2,1-3H3,(H,34,36). The molecule has 1 heterocycles. The number of nitrogens with one attached hydrogen (secondary N) is 3. The van der Waals surface area contributed by atoms with E-state index in [2.05, 4.69) is 15.5 Å². The minimum atomic E-state index is -4.89. The summed E-state index contributed by atoms with van der Waals surface area (Å²) in [6.07, 6.45) is -5.14. The molecular formula is C26H33F6N5. The van der Waals surface area contributed by atoms with Crippen molar-refractivity contribution in [2.24, 2.45) is 5.92 Å². The summed E-state index contributed by atoms with van der Waals surface area (Å²) in [6, 6.07) is 3.41. The minimum Gasteiger partial charge on any atom is -0.373 e. The molecule has 0 radical (unpaired) electrons. The van der Waals surface area contributed by atoms with Gasteiger partial charge in [0.25, 0.3) is 0 Å². The molecular weight excluding hydrogens is 496 g/mol. The molecule has 1 aromatic heterocycles. The monoisotopic (exact) mass is 529 g/mol. The highest BCUT2D eigenvalue weighted by Gasteiger charge is 2.36. The molecule has 3 rings (SSSR count). The van der Waals surface area contributed by atoms with Gasteiger partial charge in [-0.3, -0.25) is 0 Å². The van der Waals surface area contributed by atoms with Crippen LogP contribution in [-0.2, 0) is 25.4 Å². The van der Waals surface area contributed by atoms with Gasteiger partial charge in [0.2, 0.25) is 0 Å². The highest BCUT2D eigenvalue weighted by atomic mass is 19.4. The first-order chi connectivity index (χ1) is 17.3. The van der Waals surface area contributed by atoms with Crippen LogP contribution in [0.1, 0.15) is 67.3 Å². The van der Waals surface area contributed by atoms with E-state index in [9.17, 15) is 26.3 Å². The summed E-state index contributed by atoms with van der Waals surface area (Å²) in [5, 5.41) is 14.2. The number of aromatic nitrogens is 1. The molecule has 1 aliphatic rings. The van der Waals surface area contributed by atoms with Crippen molar-refractivity contribution in [3.63, 3.8) is 0 Å². The molecule has 0 aliphatic heterocycles. The Kier molecular flexibility index (Phi) is 9.09. The molecule has 1 aromatic carbocycles. The van der Waals surface area contributed by atoms with Crippen LogP contribution in [-0.4, -0.2) is 30.8 Å². The van der Waals surface area contributed by atoms with E-state index in [1.807, 2.05) is 13.0 Å². The lowest BCUT2D eigenvalue weighted by Gasteiger charge is -2.28. The maximum Gasteiger partial charge on any atom is 0.416 e. The van der Waals surface area contributed by atoms with Crippen molar-refractivity contribution in [1.29, 1.82) is 5.41 Å². The Bertz CT molecular complexity index is 1060. The van der Waals surface area contributed by atoms with Crippen LogP contribution >= 0.6 is 0 Å². The smallest absolute Gasteiger partial charge is 0.373 e. The predicted molar refractivity (Wildman–Crippen MR) is 133 cm³/mol. The molecule has 0 saturated heterocycles. The van der Waals surface area contributed by atoms with Gasteiger partial charge < -0.3 is 20.9 Å². The average molecular weight is 530 g/mol. The van der Waals surface area contributed by atoms with E-state index >= 15 is 0 Å². The molecule has 0 spiro atoms. The predicted octanol–water partition coefficient (Wildman–Crippen LogP) is 6.85. The van der Waals surface area contributed by atoms with Gasteiger partial charge in [0.15, 0.2) is 0 Å². The molecule has 5 nitrogen and oxygen atoms in total. The van der Waals surface area contributed by atoms with Crippen molar-refractivity contribution < 1.29 is 26.3 Å². The molecule has 0 bridgehead atoms. The molecule has 1 saturated carbocycles. The normalized spacial score (nSPS) is 14.7. The van der Waals surface area contributed by atoms with E-state index < -0.39 is 23.5 Å². The zero-order chi connectivity index (χ0) is 27.4. The number of alkyl halides is 6. The van der Waals surface area contributed by atoms with Gasteiger partial charge in [-0.2, -0.15) is 26.3 Å². The third kappa shape index (κ3) is 7.37. The molecule has 1 fully saturated rings. The van der Waals surface area contributed by atoms with E-state index in [1.165, 1.54) is 12.8 Å². The van der Waals surface area contributed by atoms with Gasteiger partial charge in [0.05, 0.1) is 11.1 Å². The molecule has 0 amide bonds. The van der Waals surface area contributed by atoms with Gasteiger partial charge in [-0.05, 0) is 62.4 Å². The van der Waals surface area contributed by atoms with Crippen LogP contribution in [0.15, 0.2) is 24.3 Å². The fourth-order valence-electron chi connectivity index (χ4n) is 4.76. The van der Waals surface area contributed by atoms with Crippen molar-refractivity contribution in [2.75, 3.05) is 30.4 Å². The summed E-state index contributed by atoms with van der Waals surface area (Å²) in [6.45, 7) is 5.10. The zero-order valence-electron chi connectivity index (χ0n) is 21.2.